The number of hydrogen-bond donors (Lipinski definition) is 1. The zero-order valence-electron chi connectivity index (χ0n) is 12.1. The Morgan fingerprint density at radius 1 is 1.00 bits per heavy atom. The molecule has 2 aromatic carbocycles. The monoisotopic (exact) mass is 284 g/mol. The van der Waals surface area contributed by atoms with Crippen molar-refractivity contribution in [3.05, 3.63) is 77.9 Å². The fraction of sp³-hybridized carbons (Fsp3) is 0.222. The van der Waals surface area contributed by atoms with E-state index in [1.165, 1.54) is 0 Å². The number of aliphatic hydroxyl groups excluding tert-OH is 1. The molecule has 0 radical (unpaired) electrons. The zero-order valence-corrected chi connectivity index (χ0v) is 12.1. The van der Waals surface area contributed by atoms with Crippen LogP contribution in [0.15, 0.2) is 66.7 Å². The van der Waals surface area contributed by atoms with Crippen LogP contribution in [0.3, 0.4) is 0 Å². The molecule has 0 amide bonds. The van der Waals surface area contributed by atoms with Gasteiger partial charge in [0.2, 0.25) is 0 Å². The Morgan fingerprint density at radius 2 is 1.62 bits per heavy atom. The SMILES string of the molecule is COCO[C@@H](/C=C\c1ccccc1)[C@@H](O)c1ccccc1. The van der Waals surface area contributed by atoms with Gasteiger partial charge in [-0.15, -0.1) is 0 Å². The summed E-state index contributed by atoms with van der Waals surface area (Å²) in [5.74, 6) is 0. The summed E-state index contributed by atoms with van der Waals surface area (Å²) < 4.78 is 10.5. The van der Waals surface area contributed by atoms with Gasteiger partial charge in [0.1, 0.15) is 19.0 Å². The second-order valence-corrected chi connectivity index (χ2v) is 4.66. The van der Waals surface area contributed by atoms with E-state index in [2.05, 4.69) is 0 Å². The Hall–Kier alpha value is -1.94. The first kappa shape index (κ1) is 15.4. The maximum absolute atomic E-state index is 10.5. The third kappa shape index (κ3) is 4.83. The lowest BCUT2D eigenvalue weighted by molar-refractivity contribution is -0.0938. The molecule has 0 saturated carbocycles. The minimum Gasteiger partial charge on any atom is -0.385 e. The molecule has 0 saturated heterocycles. The van der Waals surface area contributed by atoms with Gasteiger partial charge in [-0.25, -0.2) is 0 Å². The van der Waals surface area contributed by atoms with E-state index in [9.17, 15) is 5.11 Å². The normalized spacial score (nSPS) is 14.2. The highest BCUT2D eigenvalue weighted by Crippen LogP contribution is 2.21. The smallest absolute Gasteiger partial charge is 0.147 e. The van der Waals surface area contributed by atoms with Gasteiger partial charge in [0, 0.05) is 7.11 Å². The van der Waals surface area contributed by atoms with Crippen molar-refractivity contribution in [2.24, 2.45) is 0 Å². The van der Waals surface area contributed by atoms with Crippen molar-refractivity contribution in [1.29, 1.82) is 0 Å². The highest BCUT2D eigenvalue weighted by molar-refractivity contribution is 5.49. The molecule has 0 aromatic heterocycles. The third-order valence-electron chi connectivity index (χ3n) is 3.11. The van der Waals surface area contributed by atoms with Crippen molar-refractivity contribution in [2.75, 3.05) is 13.9 Å². The van der Waals surface area contributed by atoms with Crippen LogP contribution >= 0.6 is 0 Å². The number of benzene rings is 2. The van der Waals surface area contributed by atoms with Crippen LogP contribution in [0.2, 0.25) is 0 Å². The predicted molar refractivity (Wildman–Crippen MR) is 83.6 cm³/mol. The molecule has 0 aliphatic rings. The second kappa shape index (κ2) is 8.37. The Kier molecular flexibility index (Phi) is 6.16. The summed E-state index contributed by atoms with van der Waals surface area (Å²) in [7, 11) is 1.56. The summed E-state index contributed by atoms with van der Waals surface area (Å²) >= 11 is 0. The first-order chi connectivity index (χ1) is 10.3. The molecule has 2 rings (SSSR count). The number of aliphatic hydroxyl groups is 1. The molecule has 0 aliphatic heterocycles. The summed E-state index contributed by atoms with van der Waals surface area (Å²) in [5, 5.41) is 10.5. The number of hydrogen-bond acceptors (Lipinski definition) is 3. The minimum atomic E-state index is -0.735. The summed E-state index contributed by atoms with van der Waals surface area (Å²) in [6.07, 6.45) is 2.59. The largest absolute Gasteiger partial charge is 0.385 e. The van der Waals surface area contributed by atoms with Gasteiger partial charge in [-0.2, -0.15) is 0 Å². The lowest BCUT2D eigenvalue weighted by atomic mass is 10.0. The van der Waals surface area contributed by atoms with E-state index in [0.29, 0.717) is 0 Å². The summed E-state index contributed by atoms with van der Waals surface area (Å²) in [4.78, 5) is 0. The van der Waals surface area contributed by atoms with Crippen LogP contribution in [-0.4, -0.2) is 25.1 Å². The molecule has 2 atom stereocenters. The predicted octanol–water partition coefficient (Wildman–Crippen LogP) is 3.42. The molecule has 21 heavy (non-hydrogen) atoms. The Morgan fingerprint density at radius 3 is 2.24 bits per heavy atom. The first-order valence-electron chi connectivity index (χ1n) is 6.88. The van der Waals surface area contributed by atoms with Gasteiger partial charge >= 0.3 is 0 Å². The van der Waals surface area contributed by atoms with Gasteiger partial charge in [0.15, 0.2) is 0 Å². The molecule has 0 bridgehead atoms. The summed E-state index contributed by atoms with van der Waals surface area (Å²) in [5.41, 5.74) is 1.88. The highest BCUT2D eigenvalue weighted by Gasteiger charge is 2.18. The Labute approximate surface area is 125 Å². The molecule has 0 fully saturated rings. The lowest BCUT2D eigenvalue weighted by Crippen LogP contribution is -2.21. The van der Waals surface area contributed by atoms with E-state index >= 15 is 0 Å². The molecule has 0 heterocycles. The molecular weight excluding hydrogens is 264 g/mol. The summed E-state index contributed by atoms with van der Waals surface area (Å²) in [6, 6.07) is 19.4. The number of methoxy groups -OCH3 is 1. The van der Waals surface area contributed by atoms with Gasteiger partial charge in [-0.05, 0) is 11.1 Å². The Balaban J connectivity index is 2.12. The number of ether oxygens (including phenoxy) is 2. The van der Waals surface area contributed by atoms with Crippen molar-refractivity contribution in [3.8, 4) is 0 Å². The third-order valence-corrected chi connectivity index (χ3v) is 3.11. The van der Waals surface area contributed by atoms with Crippen molar-refractivity contribution in [3.63, 3.8) is 0 Å². The first-order valence-corrected chi connectivity index (χ1v) is 6.88. The quantitative estimate of drug-likeness (QED) is 0.792. The average Bonchev–Trinajstić information content (AvgIpc) is 2.56. The van der Waals surface area contributed by atoms with E-state index in [-0.39, 0.29) is 6.79 Å². The van der Waals surface area contributed by atoms with Crippen LogP contribution < -0.4 is 0 Å². The molecule has 0 spiro atoms. The molecule has 0 unspecified atom stereocenters. The molecule has 0 aliphatic carbocycles. The van der Waals surface area contributed by atoms with E-state index in [4.69, 9.17) is 9.47 Å². The van der Waals surface area contributed by atoms with Crippen molar-refractivity contribution < 1.29 is 14.6 Å². The van der Waals surface area contributed by atoms with Crippen LogP contribution in [0.1, 0.15) is 17.2 Å². The zero-order chi connectivity index (χ0) is 14.9. The van der Waals surface area contributed by atoms with Gasteiger partial charge in [0.05, 0.1) is 0 Å². The van der Waals surface area contributed by atoms with Gasteiger partial charge in [-0.3, -0.25) is 0 Å². The van der Waals surface area contributed by atoms with Crippen molar-refractivity contribution >= 4 is 6.08 Å². The van der Waals surface area contributed by atoms with E-state index in [1.807, 2.05) is 72.8 Å². The minimum absolute atomic E-state index is 0.133. The summed E-state index contributed by atoms with van der Waals surface area (Å²) in [6.45, 7) is 0.133. The van der Waals surface area contributed by atoms with E-state index in [1.54, 1.807) is 7.11 Å². The standard InChI is InChI=1S/C18H20O3/c1-20-14-21-17(13-12-15-8-4-2-5-9-15)18(19)16-10-6-3-7-11-16/h2-13,17-19H,14H2,1H3/b13-12-/t17-,18-/m0/s1. The van der Waals surface area contributed by atoms with Crippen LogP contribution in [0.5, 0.6) is 0 Å². The van der Waals surface area contributed by atoms with Crippen molar-refractivity contribution in [2.45, 2.75) is 12.2 Å². The number of rotatable bonds is 7. The molecule has 1 N–H and O–H groups in total. The maximum Gasteiger partial charge on any atom is 0.147 e. The van der Waals surface area contributed by atoms with Gasteiger partial charge in [-0.1, -0.05) is 72.8 Å². The molecule has 110 valence electrons. The fourth-order valence-electron chi connectivity index (χ4n) is 2.01. The molecule has 2 aromatic rings. The van der Waals surface area contributed by atoms with E-state index < -0.39 is 12.2 Å². The molecular formula is C18H20O3. The second-order valence-electron chi connectivity index (χ2n) is 4.66. The average molecular weight is 284 g/mol. The molecule has 3 heteroatoms. The van der Waals surface area contributed by atoms with Crippen LogP contribution in [0.25, 0.3) is 6.08 Å². The van der Waals surface area contributed by atoms with E-state index in [0.717, 1.165) is 11.1 Å². The fourth-order valence-corrected chi connectivity index (χ4v) is 2.01. The molecule has 3 nitrogen and oxygen atoms in total. The van der Waals surface area contributed by atoms with Gasteiger partial charge in [0.25, 0.3) is 0 Å². The maximum atomic E-state index is 10.5. The van der Waals surface area contributed by atoms with Crippen LogP contribution in [-0.2, 0) is 9.47 Å². The van der Waals surface area contributed by atoms with Crippen molar-refractivity contribution in [1.82, 2.24) is 0 Å². The highest BCUT2D eigenvalue weighted by atomic mass is 16.7. The van der Waals surface area contributed by atoms with Crippen LogP contribution in [0, 0.1) is 0 Å². The Bertz CT molecular complexity index is 537. The van der Waals surface area contributed by atoms with Crippen LogP contribution in [0.4, 0.5) is 0 Å². The topological polar surface area (TPSA) is 38.7 Å². The lowest BCUT2D eigenvalue weighted by Gasteiger charge is -2.20. The van der Waals surface area contributed by atoms with Gasteiger partial charge < -0.3 is 14.6 Å².